The van der Waals surface area contributed by atoms with Gasteiger partial charge in [0.15, 0.2) is 0 Å². The molecule has 1 saturated carbocycles. The molecule has 12 heavy (non-hydrogen) atoms. The summed E-state index contributed by atoms with van der Waals surface area (Å²) in [6, 6.07) is 0.242. The second-order valence-electron chi connectivity index (χ2n) is 3.45. The summed E-state index contributed by atoms with van der Waals surface area (Å²) in [6.07, 6.45) is 2.80. The van der Waals surface area contributed by atoms with Crippen LogP contribution in [0.15, 0.2) is 0 Å². The van der Waals surface area contributed by atoms with Gasteiger partial charge in [0.1, 0.15) is 0 Å². The lowest BCUT2D eigenvalue weighted by Crippen LogP contribution is -2.29. The first kappa shape index (κ1) is 9.99. The molecule has 0 saturated heterocycles. The smallest absolute Gasteiger partial charge is 0.211 e. The van der Waals surface area contributed by atoms with Crippen molar-refractivity contribution in [2.45, 2.75) is 39.2 Å². The maximum absolute atomic E-state index is 11.2. The summed E-state index contributed by atoms with van der Waals surface area (Å²) in [7, 11) is -2.96. The fourth-order valence-corrected chi connectivity index (χ4v) is 2.81. The predicted molar refractivity (Wildman–Crippen MR) is 49.4 cm³/mol. The molecule has 2 atom stereocenters. The molecule has 0 bridgehead atoms. The zero-order valence-corrected chi connectivity index (χ0v) is 8.52. The third kappa shape index (κ3) is 2.75. The molecular weight excluding hydrogens is 174 g/mol. The molecule has 1 rings (SSSR count). The van der Waals surface area contributed by atoms with Crippen LogP contribution in [0.2, 0.25) is 0 Å². The third-order valence-electron chi connectivity index (χ3n) is 2.25. The summed E-state index contributed by atoms with van der Waals surface area (Å²) in [5.41, 5.74) is 0. The van der Waals surface area contributed by atoms with Crippen LogP contribution in [0.1, 0.15) is 33.1 Å². The normalized spacial score (nSPS) is 28.8. The third-order valence-corrected chi connectivity index (χ3v) is 3.86. The van der Waals surface area contributed by atoms with Gasteiger partial charge in [0.05, 0.1) is 5.75 Å². The van der Waals surface area contributed by atoms with Gasteiger partial charge in [-0.25, -0.2) is 13.1 Å². The second-order valence-corrected chi connectivity index (χ2v) is 5.32. The van der Waals surface area contributed by atoms with Gasteiger partial charge >= 0.3 is 0 Å². The highest BCUT2D eigenvalue weighted by Gasteiger charge is 2.37. The summed E-state index contributed by atoms with van der Waals surface area (Å²) in [4.78, 5) is 0. The lowest BCUT2D eigenvalue weighted by molar-refractivity contribution is 0.574. The molecule has 0 aromatic carbocycles. The molecule has 0 aromatic heterocycles. The molecule has 0 spiro atoms. The molecule has 0 radical (unpaired) electrons. The molecule has 1 fully saturated rings. The van der Waals surface area contributed by atoms with E-state index in [0.29, 0.717) is 12.3 Å². The van der Waals surface area contributed by atoms with Gasteiger partial charge in [0.25, 0.3) is 0 Å². The van der Waals surface area contributed by atoms with Gasteiger partial charge in [-0.2, -0.15) is 0 Å². The largest absolute Gasteiger partial charge is 0.212 e. The summed E-state index contributed by atoms with van der Waals surface area (Å²) in [6.45, 7) is 3.97. The molecule has 0 aliphatic heterocycles. The van der Waals surface area contributed by atoms with E-state index >= 15 is 0 Å². The van der Waals surface area contributed by atoms with Crippen LogP contribution < -0.4 is 4.72 Å². The van der Waals surface area contributed by atoms with Gasteiger partial charge < -0.3 is 0 Å². The Morgan fingerprint density at radius 2 is 2.08 bits per heavy atom. The molecule has 3 nitrogen and oxygen atoms in total. The van der Waals surface area contributed by atoms with Gasteiger partial charge in [-0.1, -0.05) is 20.3 Å². The Kier molecular flexibility index (Phi) is 3.12. The van der Waals surface area contributed by atoms with E-state index in [-0.39, 0.29) is 11.8 Å². The van der Waals surface area contributed by atoms with E-state index < -0.39 is 10.0 Å². The molecule has 1 aliphatic carbocycles. The van der Waals surface area contributed by atoms with Crippen LogP contribution in [0.25, 0.3) is 0 Å². The first-order chi connectivity index (χ1) is 5.59. The van der Waals surface area contributed by atoms with Gasteiger partial charge in [-0.15, -0.1) is 0 Å². The van der Waals surface area contributed by atoms with Gasteiger partial charge in [0, 0.05) is 6.04 Å². The average Bonchev–Trinajstić information content (AvgIpc) is 2.66. The van der Waals surface area contributed by atoms with Crippen molar-refractivity contribution in [2.75, 3.05) is 5.75 Å². The topological polar surface area (TPSA) is 46.2 Å². The van der Waals surface area contributed by atoms with Crippen molar-refractivity contribution in [1.82, 2.24) is 4.72 Å². The monoisotopic (exact) mass is 191 g/mol. The van der Waals surface area contributed by atoms with Crippen molar-refractivity contribution < 1.29 is 8.42 Å². The fraction of sp³-hybridized carbons (Fsp3) is 1.00. The highest BCUT2D eigenvalue weighted by molar-refractivity contribution is 7.89. The number of hydrogen-bond acceptors (Lipinski definition) is 2. The molecule has 4 heteroatoms. The van der Waals surface area contributed by atoms with Gasteiger partial charge in [-0.05, 0) is 18.8 Å². The van der Waals surface area contributed by atoms with Crippen LogP contribution in [0, 0.1) is 5.92 Å². The Hall–Kier alpha value is -0.0900. The van der Waals surface area contributed by atoms with Crippen molar-refractivity contribution in [1.29, 1.82) is 0 Å². The second kappa shape index (κ2) is 3.75. The Morgan fingerprint density at radius 3 is 2.50 bits per heavy atom. The van der Waals surface area contributed by atoms with Crippen LogP contribution in [0.4, 0.5) is 0 Å². The number of nitrogens with one attached hydrogen (secondary N) is 1. The summed E-state index contributed by atoms with van der Waals surface area (Å²) >= 11 is 0. The molecule has 72 valence electrons. The Bertz CT molecular complexity index is 235. The number of hydrogen-bond donors (Lipinski definition) is 1. The molecule has 0 heterocycles. The number of sulfonamides is 1. The maximum Gasteiger partial charge on any atom is 0.211 e. The quantitative estimate of drug-likeness (QED) is 0.707. The van der Waals surface area contributed by atoms with Crippen LogP contribution in [-0.4, -0.2) is 20.2 Å². The van der Waals surface area contributed by atoms with Crippen molar-refractivity contribution >= 4 is 10.0 Å². The average molecular weight is 191 g/mol. The molecule has 0 aromatic rings. The van der Waals surface area contributed by atoms with Crippen LogP contribution in [0.3, 0.4) is 0 Å². The minimum atomic E-state index is -2.96. The first-order valence-corrected chi connectivity index (χ1v) is 6.24. The fourth-order valence-electron chi connectivity index (χ4n) is 1.40. The van der Waals surface area contributed by atoms with Crippen molar-refractivity contribution in [2.24, 2.45) is 5.92 Å². The molecule has 2 unspecified atom stereocenters. The molecule has 1 N–H and O–H groups in total. The van der Waals surface area contributed by atoms with Crippen LogP contribution >= 0.6 is 0 Å². The van der Waals surface area contributed by atoms with E-state index in [4.69, 9.17) is 0 Å². The molecule has 0 amide bonds. The minimum Gasteiger partial charge on any atom is -0.212 e. The zero-order valence-electron chi connectivity index (χ0n) is 7.71. The van der Waals surface area contributed by atoms with Gasteiger partial charge in [0.2, 0.25) is 10.0 Å². The summed E-state index contributed by atoms with van der Waals surface area (Å²) in [5.74, 6) is 0.858. The van der Waals surface area contributed by atoms with Crippen molar-refractivity contribution in [3.05, 3.63) is 0 Å². The van der Waals surface area contributed by atoms with Crippen molar-refractivity contribution in [3.8, 4) is 0 Å². The van der Waals surface area contributed by atoms with Gasteiger partial charge in [-0.3, -0.25) is 0 Å². The highest BCUT2D eigenvalue weighted by atomic mass is 32.2. The van der Waals surface area contributed by atoms with Crippen LogP contribution in [-0.2, 0) is 10.0 Å². The van der Waals surface area contributed by atoms with E-state index in [9.17, 15) is 8.42 Å². The minimum absolute atomic E-state index is 0.242. The Labute approximate surface area is 74.6 Å². The number of rotatable bonds is 5. The Morgan fingerprint density at radius 1 is 1.42 bits per heavy atom. The van der Waals surface area contributed by atoms with E-state index in [1.165, 1.54) is 0 Å². The van der Waals surface area contributed by atoms with E-state index in [1.807, 2.05) is 6.92 Å². The lowest BCUT2D eigenvalue weighted by atomic mass is 10.3. The molecular formula is C8H17NO2S. The van der Waals surface area contributed by atoms with E-state index in [0.717, 1.165) is 12.8 Å². The zero-order chi connectivity index (χ0) is 9.19. The lowest BCUT2D eigenvalue weighted by Gasteiger charge is -2.03. The summed E-state index contributed by atoms with van der Waals surface area (Å²) in [5, 5.41) is 0. The SMILES string of the molecule is CCCS(=O)(=O)NC1CC1CC. The molecule has 1 aliphatic rings. The first-order valence-electron chi connectivity index (χ1n) is 4.59. The van der Waals surface area contributed by atoms with E-state index in [2.05, 4.69) is 11.6 Å². The maximum atomic E-state index is 11.2. The summed E-state index contributed by atoms with van der Waals surface area (Å²) < 4.78 is 25.2. The predicted octanol–water partition coefficient (Wildman–Crippen LogP) is 1.11. The van der Waals surface area contributed by atoms with Crippen LogP contribution in [0.5, 0.6) is 0 Å². The Balaban J connectivity index is 2.32. The standard InChI is InChI=1S/C8H17NO2S/c1-3-5-12(10,11)9-8-6-7(8)4-2/h7-9H,3-6H2,1-2H3. The van der Waals surface area contributed by atoms with Crippen molar-refractivity contribution in [3.63, 3.8) is 0 Å². The van der Waals surface area contributed by atoms with E-state index in [1.54, 1.807) is 0 Å². The highest BCUT2D eigenvalue weighted by Crippen LogP contribution is 2.33.